The minimum atomic E-state index is -0.162. The van der Waals surface area contributed by atoms with Crippen molar-refractivity contribution < 1.29 is 9.53 Å². The van der Waals surface area contributed by atoms with Crippen molar-refractivity contribution in [2.45, 2.75) is 13.0 Å². The summed E-state index contributed by atoms with van der Waals surface area (Å²) in [7, 11) is 1.62. The second-order valence-electron chi connectivity index (χ2n) is 6.79. The number of carbonyl (C=O) groups excluding carboxylic acids is 1. The van der Waals surface area contributed by atoms with Crippen molar-refractivity contribution >= 4 is 11.9 Å². The van der Waals surface area contributed by atoms with Crippen LogP contribution in [0.1, 0.15) is 15.9 Å². The van der Waals surface area contributed by atoms with Gasteiger partial charge in [0, 0.05) is 12.1 Å². The monoisotopic (exact) mass is 398 g/mol. The zero-order valence-corrected chi connectivity index (χ0v) is 16.7. The molecule has 0 fully saturated rings. The van der Waals surface area contributed by atoms with Gasteiger partial charge in [0.25, 0.3) is 5.91 Å². The molecule has 3 aromatic carbocycles. The average molecular weight is 398 g/mol. The molecule has 0 bridgehead atoms. The molecule has 6 nitrogen and oxygen atoms in total. The molecule has 150 valence electrons. The minimum absolute atomic E-state index is 0.162. The van der Waals surface area contributed by atoms with E-state index in [4.69, 9.17) is 4.74 Å². The van der Waals surface area contributed by atoms with Gasteiger partial charge in [-0.3, -0.25) is 4.79 Å². The molecule has 4 aromatic rings. The highest BCUT2D eigenvalue weighted by Gasteiger charge is 2.17. The number of hydrogen-bond acceptors (Lipinski definition) is 5. The lowest BCUT2D eigenvalue weighted by molar-refractivity contribution is 0.0901. The van der Waals surface area contributed by atoms with Gasteiger partial charge in [-0.1, -0.05) is 72.8 Å². The summed E-state index contributed by atoms with van der Waals surface area (Å²) in [4.78, 5) is 17.6. The Morgan fingerprint density at radius 3 is 2.23 bits per heavy atom. The molecule has 0 atom stereocenters. The number of hydrogen-bond donors (Lipinski definition) is 1. The molecular weight excluding hydrogens is 376 g/mol. The van der Waals surface area contributed by atoms with E-state index in [0.29, 0.717) is 18.3 Å². The summed E-state index contributed by atoms with van der Waals surface area (Å²) in [5, 5.41) is 7.74. The zero-order chi connectivity index (χ0) is 20.8. The smallest absolute Gasteiger partial charge is 0.254 e. The van der Waals surface area contributed by atoms with Crippen molar-refractivity contribution in [1.82, 2.24) is 14.8 Å². The van der Waals surface area contributed by atoms with Crippen molar-refractivity contribution in [3.8, 4) is 17.1 Å². The van der Waals surface area contributed by atoms with Gasteiger partial charge in [0.05, 0.1) is 13.5 Å². The number of methoxy groups -OCH3 is 1. The molecule has 30 heavy (non-hydrogen) atoms. The van der Waals surface area contributed by atoms with Gasteiger partial charge in [0.15, 0.2) is 5.82 Å². The van der Waals surface area contributed by atoms with E-state index in [-0.39, 0.29) is 12.3 Å². The van der Waals surface area contributed by atoms with E-state index in [0.717, 1.165) is 22.4 Å². The van der Waals surface area contributed by atoms with Crippen LogP contribution in [-0.2, 0) is 13.0 Å². The molecule has 6 heteroatoms. The second-order valence-corrected chi connectivity index (χ2v) is 6.79. The number of benzene rings is 3. The fraction of sp³-hybridized carbons (Fsp3) is 0.125. The Hall–Kier alpha value is -3.93. The molecule has 0 radical (unpaired) electrons. The average Bonchev–Trinajstić information content (AvgIpc) is 3.24. The third-order valence-corrected chi connectivity index (χ3v) is 4.68. The van der Waals surface area contributed by atoms with E-state index in [2.05, 4.69) is 15.4 Å². The highest BCUT2D eigenvalue weighted by atomic mass is 16.5. The van der Waals surface area contributed by atoms with E-state index >= 15 is 0 Å². The van der Waals surface area contributed by atoms with Crippen LogP contribution in [0, 0.1) is 0 Å². The molecule has 0 amide bonds. The van der Waals surface area contributed by atoms with Crippen molar-refractivity contribution in [2.24, 2.45) is 0 Å². The number of rotatable bonds is 7. The molecule has 0 aliphatic rings. The molecule has 1 heterocycles. The van der Waals surface area contributed by atoms with Gasteiger partial charge in [-0.05, 0) is 23.3 Å². The van der Waals surface area contributed by atoms with Crippen LogP contribution in [0.15, 0.2) is 84.9 Å². The number of nitrogens with zero attached hydrogens (tertiary/aromatic N) is 3. The Kier molecular flexibility index (Phi) is 5.85. The quantitative estimate of drug-likeness (QED) is 0.498. The molecule has 0 saturated heterocycles. The van der Waals surface area contributed by atoms with Crippen molar-refractivity contribution in [2.75, 3.05) is 12.4 Å². The van der Waals surface area contributed by atoms with Crippen LogP contribution in [0.3, 0.4) is 0 Å². The van der Waals surface area contributed by atoms with Crippen LogP contribution in [0.5, 0.6) is 5.75 Å². The lowest BCUT2D eigenvalue weighted by atomic mass is 10.1. The Morgan fingerprint density at radius 2 is 1.57 bits per heavy atom. The van der Waals surface area contributed by atoms with Gasteiger partial charge >= 0.3 is 0 Å². The van der Waals surface area contributed by atoms with E-state index < -0.39 is 0 Å². The van der Waals surface area contributed by atoms with Crippen LogP contribution in [0.25, 0.3) is 11.4 Å². The molecule has 0 unspecified atom stereocenters. The Bertz CT molecular complexity index is 1110. The van der Waals surface area contributed by atoms with Crippen LogP contribution in [0.2, 0.25) is 0 Å². The molecule has 0 saturated carbocycles. The molecule has 0 aliphatic heterocycles. The first-order valence-corrected chi connectivity index (χ1v) is 9.69. The zero-order valence-electron chi connectivity index (χ0n) is 16.7. The SMILES string of the molecule is COc1ccc(CC(=O)n2nc(-c3ccccc3)nc2NCc2ccccc2)cc1. The second kappa shape index (κ2) is 9.05. The standard InChI is InChI=1S/C24H22N4O2/c1-30-21-14-12-18(13-15-21)16-22(29)28-24(25-17-19-8-4-2-5-9-19)26-23(27-28)20-10-6-3-7-11-20/h2-15H,16-17H2,1H3,(H,25,26,27). The predicted molar refractivity (Wildman–Crippen MR) is 117 cm³/mol. The topological polar surface area (TPSA) is 69.0 Å². The van der Waals surface area contributed by atoms with E-state index in [1.807, 2.05) is 84.9 Å². The Morgan fingerprint density at radius 1 is 0.900 bits per heavy atom. The number of aromatic nitrogens is 3. The summed E-state index contributed by atoms with van der Waals surface area (Å²) in [6.45, 7) is 0.545. The van der Waals surface area contributed by atoms with Crippen molar-refractivity contribution in [3.05, 3.63) is 96.1 Å². The van der Waals surface area contributed by atoms with E-state index in [1.54, 1.807) is 7.11 Å². The first kappa shape index (κ1) is 19.4. The van der Waals surface area contributed by atoms with E-state index in [1.165, 1.54) is 4.68 Å². The maximum Gasteiger partial charge on any atom is 0.254 e. The molecule has 0 spiro atoms. The molecular formula is C24H22N4O2. The third kappa shape index (κ3) is 4.55. The normalized spacial score (nSPS) is 10.6. The molecule has 1 N–H and O–H groups in total. The fourth-order valence-electron chi connectivity index (χ4n) is 3.08. The van der Waals surface area contributed by atoms with Crippen molar-refractivity contribution in [1.29, 1.82) is 0 Å². The molecule has 0 aliphatic carbocycles. The molecule has 1 aromatic heterocycles. The fourth-order valence-corrected chi connectivity index (χ4v) is 3.08. The maximum atomic E-state index is 13.0. The van der Waals surface area contributed by atoms with Gasteiger partial charge in [0.1, 0.15) is 5.75 Å². The van der Waals surface area contributed by atoms with E-state index in [9.17, 15) is 4.79 Å². The maximum absolute atomic E-state index is 13.0. The largest absolute Gasteiger partial charge is 0.497 e. The molecule has 4 rings (SSSR count). The predicted octanol–water partition coefficient (Wildman–Crippen LogP) is 4.45. The van der Waals surface area contributed by atoms with Gasteiger partial charge in [-0.2, -0.15) is 9.67 Å². The summed E-state index contributed by atoms with van der Waals surface area (Å²) in [5.74, 6) is 1.53. The Balaban J connectivity index is 1.60. The summed E-state index contributed by atoms with van der Waals surface area (Å²) in [6, 6.07) is 27.0. The first-order valence-electron chi connectivity index (χ1n) is 9.69. The summed E-state index contributed by atoms with van der Waals surface area (Å²) in [6.07, 6.45) is 0.210. The first-order chi connectivity index (χ1) is 14.7. The number of nitrogens with one attached hydrogen (secondary N) is 1. The number of anilines is 1. The number of ether oxygens (including phenoxy) is 1. The summed E-state index contributed by atoms with van der Waals surface area (Å²) in [5.41, 5.74) is 2.83. The van der Waals surface area contributed by atoms with Crippen LogP contribution >= 0.6 is 0 Å². The number of carbonyl (C=O) groups is 1. The highest BCUT2D eigenvalue weighted by molar-refractivity contribution is 5.83. The van der Waals surface area contributed by atoms with Crippen LogP contribution in [-0.4, -0.2) is 27.8 Å². The third-order valence-electron chi connectivity index (χ3n) is 4.68. The lowest BCUT2D eigenvalue weighted by Gasteiger charge is -2.08. The Labute approximate surface area is 175 Å². The lowest BCUT2D eigenvalue weighted by Crippen LogP contribution is -2.18. The highest BCUT2D eigenvalue weighted by Crippen LogP contribution is 2.19. The van der Waals surface area contributed by atoms with Crippen LogP contribution < -0.4 is 10.1 Å². The van der Waals surface area contributed by atoms with Gasteiger partial charge in [-0.25, -0.2) is 0 Å². The summed E-state index contributed by atoms with van der Waals surface area (Å²) < 4.78 is 6.54. The van der Waals surface area contributed by atoms with Gasteiger partial charge in [0.2, 0.25) is 5.95 Å². The van der Waals surface area contributed by atoms with Crippen LogP contribution in [0.4, 0.5) is 5.95 Å². The minimum Gasteiger partial charge on any atom is -0.497 e. The summed E-state index contributed by atoms with van der Waals surface area (Å²) >= 11 is 0. The van der Waals surface area contributed by atoms with Gasteiger partial charge < -0.3 is 10.1 Å². The van der Waals surface area contributed by atoms with Gasteiger partial charge in [-0.15, -0.1) is 5.10 Å². The van der Waals surface area contributed by atoms with Crippen molar-refractivity contribution in [3.63, 3.8) is 0 Å².